The molecule has 0 saturated heterocycles. The first-order chi connectivity index (χ1) is 24.4. The van der Waals surface area contributed by atoms with Crippen molar-refractivity contribution in [2.45, 2.75) is 58.0 Å². The van der Waals surface area contributed by atoms with Gasteiger partial charge in [-0.2, -0.15) is 0 Å². The maximum Gasteiger partial charge on any atom is 0.331 e. The zero-order valence-electron chi connectivity index (χ0n) is 29.0. The third kappa shape index (κ3) is 9.43. The van der Waals surface area contributed by atoms with Crippen LogP contribution >= 0.6 is 22.7 Å². The number of nitrogens with one attached hydrogen (secondary N) is 3. The molecule has 4 bridgehead atoms. The number of carbonyl (C=O) groups is 4. The minimum absolute atomic E-state index is 0.0677. The first kappa shape index (κ1) is 37.3. The van der Waals surface area contributed by atoms with Crippen LogP contribution in [0.1, 0.15) is 98.7 Å². The Hall–Kier alpha value is -4.96. The first-order valence-electron chi connectivity index (χ1n) is 16.8. The fourth-order valence-electron chi connectivity index (χ4n) is 5.75. The highest BCUT2D eigenvalue weighted by Crippen LogP contribution is 2.27. The predicted molar refractivity (Wildman–Crippen MR) is 194 cm³/mol. The van der Waals surface area contributed by atoms with Crippen LogP contribution in [0.3, 0.4) is 0 Å². The van der Waals surface area contributed by atoms with Gasteiger partial charge in [0.05, 0.1) is 12.1 Å². The van der Waals surface area contributed by atoms with Crippen LogP contribution in [-0.2, 0) is 25.3 Å². The molecule has 5 rings (SSSR count). The van der Waals surface area contributed by atoms with E-state index in [4.69, 9.17) is 0 Å². The second-order valence-electron chi connectivity index (χ2n) is 12.9. The van der Waals surface area contributed by atoms with E-state index in [9.17, 15) is 28.8 Å². The smallest absolute Gasteiger partial charge is 0.331 e. The summed E-state index contributed by atoms with van der Waals surface area (Å²) in [5.74, 6) is -1.35. The van der Waals surface area contributed by atoms with Gasteiger partial charge in [0, 0.05) is 57.0 Å². The van der Waals surface area contributed by atoms with Crippen LogP contribution in [0.2, 0.25) is 0 Å². The van der Waals surface area contributed by atoms with Crippen molar-refractivity contribution in [3.05, 3.63) is 101 Å². The van der Waals surface area contributed by atoms with Crippen molar-refractivity contribution in [3.8, 4) is 0 Å². The number of aromatic nitrogens is 4. The molecule has 4 aromatic rings. The summed E-state index contributed by atoms with van der Waals surface area (Å²) in [5.41, 5.74) is 0.0896. The summed E-state index contributed by atoms with van der Waals surface area (Å²) in [6, 6.07) is 9.82. The molecule has 14 nitrogen and oxygen atoms in total. The Balaban J connectivity index is 1.44. The Bertz CT molecular complexity index is 2000. The highest BCUT2D eigenvalue weighted by molar-refractivity contribution is 7.10. The Kier molecular flexibility index (Phi) is 12.3. The average molecular weight is 735 g/mol. The van der Waals surface area contributed by atoms with Crippen molar-refractivity contribution in [2.75, 3.05) is 19.6 Å². The lowest BCUT2D eigenvalue weighted by atomic mass is 10.0. The topological polar surface area (TPSA) is 177 Å². The van der Waals surface area contributed by atoms with Crippen LogP contribution in [0.15, 0.2) is 56.7 Å². The standard InChI is InChI=1S/C35H42N8O6S2/c1-21(2)16-23-32-40-26(20-51-32)31(47)38-24(17-22-10-6-5-7-11-22)33-39-25(19-50-33)30(46)36-13-9-15-43(14-8-12-28(44)37-23)34(48)27-18-29(45)42(4)35(49)41(27)3/h5-7,10-11,18-21,23-24H,8-9,12-17H2,1-4H3,(H,36,46)(H,37,44)(H,38,47)/t23-,24-/m0/s1. The van der Waals surface area contributed by atoms with E-state index >= 15 is 0 Å². The quantitative estimate of drug-likeness (QED) is 0.280. The molecule has 0 spiro atoms. The molecule has 4 amide bonds. The third-order valence-electron chi connectivity index (χ3n) is 8.49. The van der Waals surface area contributed by atoms with Crippen LogP contribution in [0.4, 0.5) is 0 Å². The van der Waals surface area contributed by atoms with Crippen LogP contribution in [0.25, 0.3) is 0 Å². The molecule has 270 valence electrons. The molecule has 0 saturated carbocycles. The number of amides is 4. The van der Waals surface area contributed by atoms with Gasteiger partial charge in [-0.05, 0) is 37.2 Å². The SMILES string of the molecule is CC(C)C[C@@H]1NC(=O)CCCN(C(=O)c2cc(=O)n(C)c(=O)n2C)CCCNC(=O)c2csc(n2)[C@H](Cc2ccccc2)NC(=O)c2csc1n2. The number of thiazole rings is 2. The lowest BCUT2D eigenvalue weighted by Crippen LogP contribution is -2.43. The summed E-state index contributed by atoms with van der Waals surface area (Å²) < 4.78 is 2.04. The molecular formula is C35H42N8O6S2. The van der Waals surface area contributed by atoms with E-state index in [1.807, 2.05) is 44.2 Å². The molecule has 4 heterocycles. The van der Waals surface area contributed by atoms with Crippen LogP contribution in [0, 0.1) is 5.92 Å². The lowest BCUT2D eigenvalue weighted by molar-refractivity contribution is -0.122. The second-order valence-corrected chi connectivity index (χ2v) is 14.7. The normalized spacial score (nSPS) is 18.1. The van der Waals surface area contributed by atoms with Crippen molar-refractivity contribution in [1.29, 1.82) is 0 Å². The van der Waals surface area contributed by atoms with Gasteiger partial charge in [0.25, 0.3) is 23.3 Å². The maximum atomic E-state index is 13.7. The number of carbonyl (C=O) groups excluding carboxylic acids is 4. The van der Waals surface area contributed by atoms with Crippen molar-refractivity contribution < 1.29 is 19.2 Å². The minimum Gasteiger partial charge on any atom is -0.351 e. The summed E-state index contributed by atoms with van der Waals surface area (Å²) in [7, 11) is 2.76. The van der Waals surface area contributed by atoms with E-state index < -0.39 is 41.1 Å². The Morgan fingerprint density at radius 2 is 1.51 bits per heavy atom. The predicted octanol–water partition coefficient (Wildman–Crippen LogP) is 2.97. The van der Waals surface area contributed by atoms with Gasteiger partial charge in [0.1, 0.15) is 27.1 Å². The molecule has 51 heavy (non-hydrogen) atoms. The monoisotopic (exact) mass is 734 g/mol. The van der Waals surface area contributed by atoms with Crippen molar-refractivity contribution in [2.24, 2.45) is 20.0 Å². The molecule has 0 radical (unpaired) electrons. The number of fused-ring (bicyclic) bond motifs is 4. The molecular weight excluding hydrogens is 693 g/mol. The molecule has 0 fully saturated rings. The minimum atomic E-state index is -0.631. The van der Waals surface area contributed by atoms with Gasteiger partial charge in [-0.15, -0.1) is 22.7 Å². The Labute approximate surface area is 302 Å². The average Bonchev–Trinajstić information content (AvgIpc) is 3.80. The third-order valence-corrected chi connectivity index (χ3v) is 10.4. The van der Waals surface area contributed by atoms with E-state index in [1.54, 1.807) is 10.8 Å². The molecule has 1 aliphatic heterocycles. The summed E-state index contributed by atoms with van der Waals surface area (Å²) in [6.07, 6.45) is 1.78. The van der Waals surface area contributed by atoms with Gasteiger partial charge in [-0.1, -0.05) is 44.2 Å². The maximum absolute atomic E-state index is 13.7. The Morgan fingerprint density at radius 3 is 2.20 bits per heavy atom. The number of hydrogen-bond donors (Lipinski definition) is 3. The van der Waals surface area contributed by atoms with Gasteiger partial charge < -0.3 is 20.9 Å². The summed E-state index contributed by atoms with van der Waals surface area (Å²) in [4.78, 5) is 89.4. The van der Waals surface area contributed by atoms with Crippen molar-refractivity contribution in [3.63, 3.8) is 0 Å². The van der Waals surface area contributed by atoms with Crippen molar-refractivity contribution >= 4 is 46.3 Å². The molecule has 1 aromatic carbocycles. The van der Waals surface area contributed by atoms with Crippen molar-refractivity contribution in [1.82, 2.24) is 40.0 Å². The fraction of sp³-hybridized carbons (Fsp3) is 0.429. The molecule has 3 N–H and O–H groups in total. The number of nitrogens with zero attached hydrogens (tertiary/aromatic N) is 5. The first-order valence-corrected chi connectivity index (χ1v) is 18.6. The van der Waals surface area contributed by atoms with Gasteiger partial charge in [-0.25, -0.2) is 14.8 Å². The second kappa shape index (κ2) is 16.8. The summed E-state index contributed by atoms with van der Waals surface area (Å²) >= 11 is 2.56. The summed E-state index contributed by atoms with van der Waals surface area (Å²) in [6.45, 7) is 4.64. The van der Waals surface area contributed by atoms with Gasteiger partial charge in [-0.3, -0.25) is 33.1 Å². The molecule has 16 heteroatoms. The van der Waals surface area contributed by atoms with Crippen LogP contribution < -0.4 is 27.2 Å². The zero-order valence-corrected chi connectivity index (χ0v) is 30.6. The van der Waals surface area contributed by atoms with E-state index in [-0.39, 0.29) is 55.0 Å². The zero-order chi connectivity index (χ0) is 36.7. The number of rotatable bonds is 5. The van der Waals surface area contributed by atoms with Gasteiger partial charge in [0.2, 0.25) is 5.91 Å². The van der Waals surface area contributed by atoms with E-state index in [0.717, 1.165) is 20.8 Å². The fourth-order valence-corrected chi connectivity index (χ4v) is 7.47. The largest absolute Gasteiger partial charge is 0.351 e. The Morgan fingerprint density at radius 1 is 0.863 bits per heavy atom. The van der Waals surface area contributed by atoms with Crippen LogP contribution in [-0.4, -0.2) is 67.3 Å². The molecule has 0 unspecified atom stereocenters. The van der Waals surface area contributed by atoms with E-state index in [0.29, 0.717) is 35.7 Å². The van der Waals surface area contributed by atoms with E-state index in [1.165, 1.54) is 41.7 Å². The van der Waals surface area contributed by atoms with E-state index in [2.05, 4.69) is 25.9 Å². The molecule has 2 atom stereocenters. The number of hydrogen-bond acceptors (Lipinski definition) is 10. The van der Waals surface area contributed by atoms with Crippen LogP contribution in [0.5, 0.6) is 0 Å². The molecule has 1 aliphatic rings. The van der Waals surface area contributed by atoms with Gasteiger partial charge >= 0.3 is 5.69 Å². The summed E-state index contributed by atoms with van der Waals surface area (Å²) in [5, 5.41) is 13.5. The number of benzene rings is 1. The highest BCUT2D eigenvalue weighted by atomic mass is 32.1. The highest BCUT2D eigenvalue weighted by Gasteiger charge is 2.26. The molecule has 3 aromatic heterocycles. The molecule has 0 aliphatic carbocycles. The van der Waals surface area contributed by atoms with Gasteiger partial charge in [0.15, 0.2) is 0 Å². The lowest BCUT2D eigenvalue weighted by Gasteiger charge is -2.24.